The molecule has 1 aliphatic rings. The van der Waals surface area contributed by atoms with E-state index in [1.54, 1.807) is 0 Å². The van der Waals surface area contributed by atoms with Gasteiger partial charge in [0.15, 0.2) is 0 Å². The summed E-state index contributed by atoms with van der Waals surface area (Å²) in [7, 11) is -1.59. The van der Waals surface area contributed by atoms with Gasteiger partial charge in [0, 0.05) is 0 Å². The number of nitrogens with two attached hydrogens (primary N) is 1. The Morgan fingerprint density at radius 3 is 2.43 bits per heavy atom. The predicted molar refractivity (Wildman–Crippen MR) is 95.0 cm³/mol. The van der Waals surface area contributed by atoms with E-state index in [2.05, 4.69) is 0 Å². The average molecular weight is 396 g/mol. The first kappa shape index (κ1) is 21.5. The standard InChI is InChI=1S/C16H21BN2O9/c18-10(15(22)23)5-12(20)19-6-9(7-19)28-11-2-1-8(3-4-17(26)27)14(21)13(11)16(24)25/h1-2,9-10,21,26-27H,3-7,18H2,(H,22,23)(H,24,25)/t10-/m0/s1. The summed E-state index contributed by atoms with van der Waals surface area (Å²) in [5.41, 5.74) is 5.09. The van der Waals surface area contributed by atoms with Crippen LogP contribution >= 0.6 is 0 Å². The van der Waals surface area contributed by atoms with Crippen molar-refractivity contribution in [2.45, 2.75) is 31.3 Å². The van der Waals surface area contributed by atoms with Crippen molar-refractivity contribution in [3.8, 4) is 11.5 Å². The molecule has 0 radical (unpaired) electrons. The first-order valence-electron chi connectivity index (χ1n) is 8.47. The number of amides is 1. The molecule has 0 saturated carbocycles. The van der Waals surface area contributed by atoms with Gasteiger partial charge in [-0.3, -0.25) is 9.59 Å². The highest BCUT2D eigenvalue weighted by Crippen LogP contribution is 2.34. The number of phenols is 1. The maximum atomic E-state index is 11.9. The Kier molecular flexibility index (Phi) is 6.83. The number of hydrogen-bond donors (Lipinski definition) is 6. The van der Waals surface area contributed by atoms with Gasteiger partial charge in [0.25, 0.3) is 0 Å². The number of benzene rings is 1. The fraction of sp³-hybridized carbons (Fsp3) is 0.438. The second-order valence-corrected chi connectivity index (χ2v) is 6.46. The van der Waals surface area contributed by atoms with Crippen molar-refractivity contribution in [3.63, 3.8) is 0 Å². The lowest BCUT2D eigenvalue weighted by Crippen LogP contribution is -2.57. The van der Waals surface area contributed by atoms with Crippen LogP contribution in [0.25, 0.3) is 0 Å². The van der Waals surface area contributed by atoms with Crippen LogP contribution in [0.1, 0.15) is 22.3 Å². The molecular formula is C16H21BN2O9. The summed E-state index contributed by atoms with van der Waals surface area (Å²) in [6.07, 6.45) is -0.896. The molecule has 12 heteroatoms. The van der Waals surface area contributed by atoms with Crippen LogP contribution in [0, 0.1) is 0 Å². The molecular weight excluding hydrogens is 375 g/mol. The number of carboxylic acid groups (broad SMARTS) is 2. The van der Waals surface area contributed by atoms with Crippen LogP contribution in [0.3, 0.4) is 0 Å². The van der Waals surface area contributed by atoms with E-state index in [1.807, 2.05) is 0 Å². The van der Waals surface area contributed by atoms with E-state index in [0.29, 0.717) is 0 Å². The number of aromatic hydroxyl groups is 1. The number of likely N-dealkylation sites (tertiary alicyclic amines) is 1. The van der Waals surface area contributed by atoms with Crippen LogP contribution < -0.4 is 10.5 Å². The SMILES string of the molecule is N[C@@H](CC(=O)N1CC(Oc2ccc(CCB(O)O)c(O)c2C(=O)O)C1)C(=O)O. The van der Waals surface area contributed by atoms with Crippen molar-refractivity contribution in [2.24, 2.45) is 5.73 Å². The van der Waals surface area contributed by atoms with Crippen LogP contribution in [-0.4, -0.2) is 80.5 Å². The number of aromatic carboxylic acids is 1. The monoisotopic (exact) mass is 396 g/mol. The highest BCUT2D eigenvalue weighted by Gasteiger charge is 2.35. The first-order valence-corrected chi connectivity index (χ1v) is 8.47. The molecule has 1 aromatic rings. The van der Waals surface area contributed by atoms with Gasteiger partial charge in [-0.2, -0.15) is 0 Å². The van der Waals surface area contributed by atoms with Crippen LogP contribution in [0.15, 0.2) is 12.1 Å². The number of carboxylic acids is 2. The zero-order valence-electron chi connectivity index (χ0n) is 14.8. The molecule has 0 spiro atoms. The van der Waals surface area contributed by atoms with Crippen molar-refractivity contribution >= 4 is 25.0 Å². The van der Waals surface area contributed by atoms with Gasteiger partial charge in [-0.25, -0.2) is 4.79 Å². The number of aliphatic carboxylic acids is 1. The Balaban J connectivity index is 2.01. The normalized spacial score (nSPS) is 14.9. The Hall–Kier alpha value is -2.83. The third-order valence-corrected chi connectivity index (χ3v) is 4.32. The van der Waals surface area contributed by atoms with Gasteiger partial charge in [0.05, 0.1) is 19.5 Å². The van der Waals surface area contributed by atoms with E-state index in [9.17, 15) is 24.6 Å². The highest BCUT2D eigenvalue weighted by molar-refractivity contribution is 6.41. The Morgan fingerprint density at radius 1 is 1.25 bits per heavy atom. The van der Waals surface area contributed by atoms with E-state index in [0.717, 1.165) is 0 Å². The zero-order chi connectivity index (χ0) is 21.0. The van der Waals surface area contributed by atoms with Crippen molar-refractivity contribution in [3.05, 3.63) is 23.3 Å². The van der Waals surface area contributed by atoms with Gasteiger partial charge in [0.2, 0.25) is 5.91 Å². The summed E-state index contributed by atoms with van der Waals surface area (Å²) < 4.78 is 5.56. The summed E-state index contributed by atoms with van der Waals surface area (Å²) in [6, 6.07) is 1.48. The minimum Gasteiger partial charge on any atom is -0.507 e. The van der Waals surface area contributed by atoms with Crippen LogP contribution in [0.5, 0.6) is 11.5 Å². The summed E-state index contributed by atoms with van der Waals surface area (Å²) in [5, 5.41) is 46.1. The highest BCUT2D eigenvalue weighted by atomic mass is 16.5. The molecule has 1 aromatic carbocycles. The molecule has 0 aliphatic carbocycles. The maximum Gasteiger partial charge on any atom is 0.451 e. The molecule has 2 rings (SSSR count). The smallest absolute Gasteiger partial charge is 0.451 e. The van der Waals surface area contributed by atoms with E-state index in [1.165, 1.54) is 17.0 Å². The number of nitrogens with zero attached hydrogens (tertiary/aromatic N) is 1. The quantitative estimate of drug-likeness (QED) is 0.268. The number of ether oxygens (including phenoxy) is 1. The van der Waals surface area contributed by atoms with Crippen molar-refractivity contribution in [2.75, 3.05) is 13.1 Å². The average Bonchev–Trinajstić information content (AvgIpc) is 2.55. The van der Waals surface area contributed by atoms with Gasteiger partial charge < -0.3 is 40.7 Å². The van der Waals surface area contributed by atoms with E-state index in [4.69, 9.17) is 25.6 Å². The molecule has 1 amide bonds. The fourth-order valence-corrected chi connectivity index (χ4v) is 2.71. The number of carbonyl (C=O) groups is 3. The van der Waals surface area contributed by atoms with Crippen LogP contribution in [0.4, 0.5) is 0 Å². The zero-order valence-corrected chi connectivity index (χ0v) is 14.8. The van der Waals surface area contributed by atoms with Gasteiger partial charge in [-0.05, 0) is 24.4 Å². The molecule has 1 heterocycles. The molecule has 0 aromatic heterocycles. The molecule has 152 valence electrons. The lowest BCUT2D eigenvalue weighted by Gasteiger charge is -2.39. The number of hydrogen-bond acceptors (Lipinski definition) is 8. The van der Waals surface area contributed by atoms with Crippen LogP contribution in [0.2, 0.25) is 6.32 Å². The number of aryl methyl sites for hydroxylation is 1. The van der Waals surface area contributed by atoms with Crippen molar-refractivity contribution in [1.29, 1.82) is 0 Å². The molecule has 11 nitrogen and oxygen atoms in total. The van der Waals surface area contributed by atoms with E-state index < -0.39 is 48.4 Å². The third kappa shape index (κ3) is 5.12. The van der Waals surface area contributed by atoms with E-state index >= 15 is 0 Å². The van der Waals surface area contributed by atoms with Crippen molar-refractivity contribution < 1.29 is 44.5 Å². The maximum absolute atomic E-state index is 11.9. The lowest BCUT2D eigenvalue weighted by molar-refractivity contribution is -0.146. The first-order chi connectivity index (χ1) is 13.1. The van der Waals surface area contributed by atoms with E-state index in [-0.39, 0.29) is 43.6 Å². The molecule has 1 aliphatic heterocycles. The Labute approximate surface area is 160 Å². The van der Waals surface area contributed by atoms with Gasteiger partial charge >= 0.3 is 19.1 Å². The fourth-order valence-electron chi connectivity index (χ4n) is 2.71. The molecule has 1 atom stereocenters. The largest absolute Gasteiger partial charge is 0.507 e. The number of carbonyl (C=O) groups excluding carboxylic acids is 1. The molecule has 7 N–H and O–H groups in total. The topological polar surface area (TPSA) is 191 Å². The molecule has 0 unspecified atom stereocenters. The Morgan fingerprint density at radius 2 is 1.89 bits per heavy atom. The van der Waals surface area contributed by atoms with Gasteiger partial charge in [-0.15, -0.1) is 0 Å². The molecule has 1 fully saturated rings. The van der Waals surface area contributed by atoms with Gasteiger partial charge in [0.1, 0.15) is 29.2 Å². The summed E-state index contributed by atoms with van der Waals surface area (Å²) >= 11 is 0. The third-order valence-electron chi connectivity index (χ3n) is 4.32. The minimum atomic E-state index is -1.59. The summed E-state index contributed by atoms with van der Waals surface area (Å²) in [5.74, 6) is -3.76. The van der Waals surface area contributed by atoms with Gasteiger partial charge in [-0.1, -0.05) is 6.07 Å². The second kappa shape index (κ2) is 8.91. The Bertz CT molecular complexity index is 765. The molecule has 1 saturated heterocycles. The summed E-state index contributed by atoms with van der Waals surface area (Å²) in [4.78, 5) is 35.4. The molecule has 28 heavy (non-hydrogen) atoms. The minimum absolute atomic E-state index is 0.0552. The lowest BCUT2D eigenvalue weighted by atomic mass is 9.82. The summed E-state index contributed by atoms with van der Waals surface area (Å²) in [6.45, 7) is 0.257. The number of rotatable bonds is 9. The van der Waals surface area contributed by atoms with Crippen LogP contribution in [-0.2, 0) is 16.0 Å². The van der Waals surface area contributed by atoms with Crippen molar-refractivity contribution in [1.82, 2.24) is 4.90 Å². The predicted octanol–water partition coefficient (Wildman–Crippen LogP) is -1.50. The second-order valence-electron chi connectivity index (χ2n) is 6.46. The molecule has 0 bridgehead atoms.